The fraction of sp³-hybridized carbons (Fsp3) is 0.167. The van der Waals surface area contributed by atoms with Crippen molar-refractivity contribution >= 4 is 18.0 Å². The number of methoxy groups -OCH3 is 1. The molecule has 3 rings (SSSR count). The van der Waals surface area contributed by atoms with Crippen molar-refractivity contribution in [3.8, 4) is 17.2 Å². The Labute approximate surface area is 163 Å². The number of anilines is 1. The van der Waals surface area contributed by atoms with Gasteiger partial charge in [0.25, 0.3) is 0 Å². The van der Waals surface area contributed by atoms with Gasteiger partial charge in [0, 0.05) is 12.1 Å². The van der Waals surface area contributed by atoms with Gasteiger partial charge in [0.05, 0.1) is 12.8 Å². The van der Waals surface area contributed by atoms with E-state index in [1.807, 2.05) is 0 Å². The number of rotatable bonds is 5. The maximum absolute atomic E-state index is 14.3. The van der Waals surface area contributed by atoms with E-state index in [2.05, 4.69) is 10.4 Å². The first-order valence-electron chi connectivity index (χ1n) is 8.40. The predicted molar refractivity (Wildman–Crippen MR) is 99.4 cm³/mol. The summed E-state index contributed by atoms with van der Waals surface area (Å²) in [6.45, 7) is 1.64. The number of carbonyl (C=O) groups excluding carboxylic acids is 2. The molecule has 0 bridgehead atoms. The van der Waals surface area contributed by atoms with Crippen LogP contribution in [0.4, 0.5) is 14.9 Å². The Morgan fingerprint density at radius 2 is 2.07 bits per heavy atom. The Morgan fingerprint density at radius 1 is 1.31 bits per heavy atom. The van der Waals surface area contributed by atoms with E-state index in [0.717, 1.165) is 11.0 Å². The number of para-hydroxylation sites is 1. The van der Waals surface area contributed by atoms with Crippen molar-refractivity contribution in [2.75, 3.05) is 18.6 Å². The molecule has 0 aliphatic heterocycles. The summed E-state index contributed by atoms with van der Waals surface area (Å²) in [7, 11) is 1.29. The fourth-order valence-corrected chi connectivity index (χ4v) is 2.73. The molecule has 0 spiro atoms. The zero-order chi connectivity index (χ0) is 21.1. The van der Waals surface area contributed by atoms with Gasteiger partial charge in [-0.3, -0.25) is 9.69 Å². The Balaban J connectivity index is 2.08. The molecule has 10 nitrogen and oxygen atoms in total. The first-order chi connectivity index (χ1) is 13.9. The number of hydrogen-bond acceptors (Lipinski definition) is 7. The van der Waals surface area contributed by atoms with Crippen molar-refractivity contribution in [2.45, 2.75) is 6.92 Å². The van der Waals surface area contributed by atoms with Crippen LogP contribution in [0.5, 0.6) is 11.5 Å². The summed E-state index contributed by atoms with van der Waals surface area (Å²) < 4.78 is 20.3. The van der Waals surface area contributed by atoms with Gasteiger partial charge >= 0.3 is 11.7 Å². The number of ether oxygens (including phenoxy) is 1. The topological polar surface area (TPSA) is 120 Å². The third kappa shape index (κ3) is 3.45. The second-order valence-electron chi connectivity index (χ2n) is 5.77. The molecule has 1 amide bonds. The van der Waals surface area contributed by atoms with E-state index in [-0.39, 0.29) is 35.0 Å². The van der Waals surface area contributed by atoms with Gasteiger partial charge in [0.1, 0.15) is 23.5 Å². The minimum atomic E-state index is -1.04. The van der Waals surface area contributed by atoms with Crippen LogP contribution in [0.25, 0.3) is 5.69 Å². The van der Waals surface area contributed by atoms with Crippen molar-refractivity contribution < 1.29 is 23.8 Å². The van der Waals surface area contributed by atoms with Gasteiger partial charge in [-0.05, 0) is 47.7 Å². The number of aromatic hydroxyl groups is 1. The first kappa shape index (κ1) is 19.7. The minimum Gasteiger partial charge on any atom is -0.506 e. The zero-order valence-corrected chi connectivity index (χ0v) is 15.4. The smallest absolute Gasteiger partial charge is 0.377 e. The van der Waals surface area contributed by atoms with Gasteiger partial charge < -0.3 is 9.84 Å². The van der Waals surface area contributed by atoms with Crippen LogP contribution in [0.3, 0.4) is 0 Å². The summed E-state index contributed by atoms with van der Waals surface area (Å²) in [6.07, 6.45) is 0.550. The largest absolute Gasteiger partial charge is 0.506 e. The molecule has 1 aromatic heterocycles. The van der Waals surface area contributed by atoms with Gasteiger partial charge in [-0.25, -0.2) is 14.0 Å². The summed E-state index contributed by atoms with van der Waals surface area (Å²) in [5.74, 6) is -1.05. The first-order valence-corrected chi connectivity index (χ1v) is 8.40. The monoisotopic (exact) mass is 401 g/mol. The van der Waals surface area contributed by atoms with Crippen LogP contribution in [-0.2, 0) is 0 Å². The van der Waals surface area contributed by atoms with Crippen LogP contribution in [0.15, 0.2) is 41.2 Å². The highest BCUT2D eigenvalue weighted by atomic mass is 19.1. The molecule has 3 aromatic rings. The summed E-state index contributed by atoms with van der Waals surface area (Å²) in [6, 6.07) is 6.88. The fourth-order valence-electron chi connectivity index (χ4n) is 2.73. The molecule has 2 aromatic carbocycles. The number of halogens is 1. The van der Waals surface area contributed by atoms with E-state index in [1.54, 1.807) is 6.92 Å². The van der Waals surface area contributed by atoms with Gasteiger partial charge in [0.15, 0.2) is 5.82 Å². The highest BCUT2D eigenvalue weighted by Gasteiger charge is 2.26. The lowest BCUT2D eigenvalue weighted by molar-refractivity contribution is 0.112. The van der Waals surface area contributed by atoms with Crippen LogP contribution in [0, 0.1) is 5.82 Å². The Morgan fingerprint density at radius 3 is 2.72 bits per heavy atom. The normalized spacial score (nSPS) is 10.6. The van der Waals surface area contributed by atoms with E-state index in [1.165, 1.54) is 37.4 Å². The third-order valence-electron chi connectivity index (χ3n) is 4.12. The second kappa shape index (κ2) is 7.92. The average Bonchev–Trinajstić information content (AvgIpc) is 3.10. The number of phenols is 1. The number of tetrazole rings is 1. The molecule has 11 heteroatoms. The number of phenolic OH excluding ortho intramolecular Hbond substituents is 1. The van der Waals surface area contributed by atoms with Crippen LogP contribution in [-0.4, -0.2) is 50.9 Å². The van der Waals surface area contributed by atoms with Crippen molar-refractivity contribution in [1.29, 1.82) is 0 Å². The van der Waals surface area contributed by atoms with E-state index in [9.17, 15) is 23.9 Å². The van der Waals surface area contributed by atoms with E-state index in [0.29, 0.717) is 15.6 Å². The molecular formula is C18H16FN5O5. The number of amides is 1. The lowest BCUT2D eigenvalue weighted by Gasteiger charge is -2.20. The zero-order valence-electron chi connectivity index (χ0n) is 15.4. The molecule has 0 fully saturated rings. The van der Waals surface area contributed by atoms with E-state index in [4.69, 9.17) is 4.74 Å². The standard InChI is InChI=1S/C18H16FN5O5/c1-3-22(13-9-11(10-25)7-8-14(13)26)17(27)24-18(28)23(20-21-24)16-12(19)5-4-6-15(16)29-2/h4-10,26H,3H2,1-2H3. The van der Waals surface area contributed by atoms with Crippen LogP contribution in [0.2, 0.25) is 0 Å². The molecule has 1 N–H and O–H groups in total. The summed E-state index contributed by atoms with van der Waals surface area (Å²) in [5.41, 5.74) is -1.11. The van der Waals surface area contributed by atoms with Crippen LogP contribution < -0.4 is 15.3 Å². The molecule has 1 heterocycles. The number of benzene rings is 2. The van der Waals surface area contributed by atoms with Gasteiger partial charge in [-0.2, -0.15) is 4.68 Å². The highest BCUT2D eigenvalue weighted by molar-refractivity contribution is 5.95. The quantitative estimate of drug-likeness (QED) is 0.509. The molecule has 0 unspecified atom stereocenters. The molecule has 0 saturated carbocycles. The molecule has 0 aliphatic carbocycles. The van der Waals surface area contributed by atoms with Crippen LogP contribution in [0.1, 0.15) is 17.3 Å². The molecule has 0 atom stereocenters. The minimum absolute atomic E-state index is 0.00650. The SMILES string of the molecule is CCN(C(=O)n1nnn(-c2c(F)cccc2OC)c1=O)c1cc(C=O)ccc1O. The van der Waals surface area contributed by atoms with Crippen LogP contribution >= 0.6 is 0 Å². The average molecular weight is 401 g/mol. The van der Waals surface area contributed by atoms with Gasteiger partial charge in [-0.15, -0.1) is 4.68 Å². The number of nitrogens with zero attached hydrogens (tertiary/aromatic N) is 5. The van der Waals surface area contributed by atoms with E-state index < -0.39 is 17.5 Å². The number of carbonyl (C=O) groups is 2. The van der Waals surface area contributed by atoms with Crippen molar-refractivity contribution in [3.63, 3.8) is 0 Å². The predicted octanol–water partition coefficient (Wildman–Crippen LogP) is 1.59. The molecule has 0 aliphatic rings. The second-order valence-corrected chi connectivity index (χ2v) is 5.77. The third-order valence-corrected chi connectivity index (χ3v) is 4.12. The maximum atomic E-state index is 14.3. The molecule has 29 heavy (non-hydrogen) atoms. The number of aldehydes is 1. The number of hydrogen-bond donors (Lipinski definition) is 1. The summed E-state index contributed by atoms with van der Waals surface area (Å²) in [4.78, 5) is 37.6. The van der Waals surface area contributed by atoms with E-state index >= 15 is 0 Å². The maximum Gasteiger partial charge on any atom is 0.377 e. The molecule has 0 radical (unpaired) electrons. The summed E-state index contributed by atoms with van der Waals surface area (Å²) in [5, 5.41) is 17.2. The molecule has 0 saturated heterocycles. The number of aromatic nitrogens is 4. The van der Waals surface area contributed by atoms with Crippen molar-refractivity contribution in [1.82, 2.24) is 19.8 Å². The summed E-state index contributed by atoms with van der Waals surface area (Å²) >= 11 is 0. The highest BCUT2D eigenvalue weighted by Crippen LogP contribution is 2.28. The lowest BCUT2D eigenvalue weighted by atomic mass is 10.2. The van der Waals surface area contributed by atoms with Crippen molar-refractivity contribution in [3.05, 3.63) is 58.3 Å². The van der Waals surface area contributed by atoms with Crippen molar-refractivity contribution in [2.24, 2.45) is 0 Å². The Bertz CT molecular complexity index is 1140. The molecular weight excluding hydrogens is 385 g/mol. The molecule has 150 valence electrons. The Hall–Kier alpha value is -4.02. The van der Waals surface area contributed by atoms with Gasteiger partial charge in [0.2, 0.25) is 0 Å². The Kier molecular flexibility index (Phi) is 5.39. The van der Waals surface area contributed by atoms with Gasteiger partial charge in [-0.1, -0.05) is 6.07 Å². The lowest BCUT2D eigenvalue weighted by Crippen LogP contribution is -2.41.